The summed E-state index contributed by atoms with van der Waals surface area (Å²) < 4.78 is 33.0. The minimum absolute atomic E-state index is 0.00511. The lowest BCUT2D eigenvalue weighted by Gasteiger charge is -2.24. The molecular weight excluding hydrogens is 424 g/mol. The molecule has 176 valence electrons. The summed E-state index contributed by atoms with van der Waals surface area (Å²) in [6.07, 6.45) is 3.26. The molecule has 1 amide bonds. The molecule has 2 aromatic rings. The highest BCUT2D eigenvalue weighted by atomic mass is 19.3. The fourth-order valence-electron chi connectivity index (χ4n) is 3.77. The van der Waals surface area contributed by atoms with Gasteiger partial charge in [0.2, 0.25) is 5.95 Å². The topological polar surface area (TPSA) is 117 Å². The zero-order valence-corrected chi connectivity index (χ0v) is 18.4. The van der Waals surface area contributed by atoms with E-state index >= 15 is 0 Å². The van der Waals surface area contributed by atoms with Crippen LogP contribution in [0.15, 0.2) is 6.33 Å². The number of amides is 1. The number of carbonyl (C=O) groups is 1. The Kier molecular flexibility index (Phi) is 6.06. The first-order valence-electron chi connectivity index (χ1n) is 10.8. The summed E-state index contributed by atoms with van der Waals surface area (Å²) in [5, 5.41) is 16.0. The monoisotopic (exact) mass is 453 g/mol. The van der Waals surface area contributed by atoms with E-state index in [4.69, 9.17) is 4.74 Å². The van der Waals surface area contributed by atoms with Gasteiger partial charge in [-0.1, -0.05) is 0 Å². The summed E-state index contributed by atoms with van der Waals surface area (Å²) in [5.41, 5.74) is -0.373. The number of aliphatic hydroxyl groups excluding tert-OH is 1. The van der Waals surface area contributed by atoms with E-state index in [0.717, 1.165) is 19.2 Å². The average Bonchev–Trinajstić information content (AvgIpc) is 3.27. The van der Waals surface area contributed by atoms with Crippen molar-refractivity contribution < 1.29 is 23.4 Å². The predicted molar refractivity (Wildman–Crippen MR) is 114 cm³/mol. The highest BCUT2D eigenvalue weighted by Gasteiger charge is 2.33. The van der Waals surface area contributed by atoms with Crippen molar-refractivity contribution in [1.29, 1.82) is 0 Å². The van der Waals surface area contributed by atoms with Crippen LogP contribution in [0.3, 0.4) is 0 Å². The molecule has 1 saturated carbocycles. The molecule has 12 heteroatoms. The average molecular weight is 453 g/mol. The second-order valence-corrected chi connectivity index (χ2v) is 9.32. The Morgan fingerprint density at radius 3 is 2.69 bits per heavy atom. The molecule has 1 aliphatic carbocycles. The number of aromatic nitrogens is 4. The quantitative estimate of drug-likeness (QED) is 0.586. The van der Waals surface area contributed by atoms with Gasteiger partial charge in [-0.3, -0.25) is 4.57 Å². The number of ether oxygens (including phenoxy) is 1. The van der Waals surface area contributed by atoms with Crippen molar-refractivity contribution in [2.24, 2.45) is 5.92 Å². The maximum Gasteiger partial charge on any atom is 0.410 e. The number of alkyl halides is 2. The van der Waals surface area contributed by atoms with Gasteiger partial charge in [-0.25, -0.2) is 9.78 Å². The van der Waals surface area contributed by atoms with Crippen LogP contribution in [0.25, 0.3) is 11.2 Å². The minimum Gasteiger partial charge on any atom is -0.444 e. The number of aliphatic hydroxyl groups is 1. The lowest BCUT2D eigenvalue weighted by atomic mass is 10.2. The predicted octanol–water partition coefficient (Wildman–Crippen LogP) is 2.83. The van der Waals surface area contributed by atoms with E-state index in [-0.39, 0.29) is 35.8 Å². The number of hydrogen-bond donors (Lipinski definition) is 3. The van der Waals surface area contributed by atoms with Gasteiger partial charge in [0.1, 0.15) is 11.9 Å². The van der Waals surface area contributed by atoms with E-state index in [1.807, 2.05) is 20.8 Å². The summed E-state index contributed by atoms with van der Waals surface area (Å²) in [7, 11) is 0. The Hall–Kier alpha value is -2.76. The third kappa shape index (κ3) is 5.00. The summed E-state index contributed by atoms with van der Waals surface area (Å²) >= 11 is 0. The van der Waals surface area contributed by atoms with Crippen LogP contribution in [0.5, 0.6) is 0 Å². The number of imidazole rings is 1. The van der Waals surface area contributed by atoms with Crippen LogP contribution in [-0.2, 0) is 4.74 Å². The summed E-state index contributed by atoms with van der Waals surface area (Å²) in [4.78, 5) is 26.7. The maximum atomic E-state index is 13.5. The van der Waals surface area contributed by atoms with E-state index in [9.17, 15) is 18.7 Å². The first kappa shape index (κ1) is 22.4. The van der Waals surface area contributed by atoms with Crippen molar-refractivity contribution >= 4 is 29.0 Å². The normalized spacial score (nSPS) is 20.1. The van der Waals surface area contributed by atoms with Crippen LogP contribution in [0.4, 0.5) is 25.3 Å². The molecule has 32 heavy (non-hydrogen) atoms. The molecule has 4 rings (SSSR count). The van der Waals surface area contributed by atoms with E-state index in [2.05, 4.69) is 25.6 Å². The molecule has 2 aromatic heterocycles. The number of carbonyl (C=O) groups excluding carboxylic acids is 1. The van der Waals surface area contributed by atoms with E-state index in [0.29, 0.717) is 35.8 Å². The summed E-state index contributed by atoms with van der Waals surface area (Å²) in [6.45, 7) is 3.42. The minimum atomic E-state index is -2.80. The van der Waals surface area contributed by atoms with Crippen molar-refractivity contribution in [2.75, 3.05) is 30.3 Å². The van der Waals surface area contributed by atoms with Gasteiger partial charge in [-0.05, 0) is 46.0 Å². The number of rotatable bonds is 7. The van der Waals surface area contributed by atoms with Crippen LogP contribution >= 0.6 is 0 Å². The van der Waals surface area contributed by atoms with Crippen LogP contribution in [0.2, 0.25) is 0 Å². The van der Waals surface area contributed by atoms with E-state index in [1.165, 1.54) is 0 Å². The van der Waals surface area contributed by atoms with Gasteiger partial charge >= 0.3 is 12.6 Å². The highest BCUT2D eigenvalue weighted by molar-refractivity contribution is 5.84. The third-order valence-electron chi connectivity index (χ3n) is 5.51. The molecule has 0 radical (unpaired) electrons. The second-order valence-electron chi connectivity index (χ2n) is 9.32. The molecular formula is C20H29F2N7O3. The smallest absolute Gasteiger partial charge is 0.410 e. The highest BCUT2D eigenvalue weighted by Crippen LogP contribution is 2.34. The second kappa shape index (κ2) is 8.64. The lowest BCUT2D eigenvalue weighted by Crippen LogP contribution is -2.36. The molecule has 3 heterocycles. The Balaban J connectivity index is 1.55. The Bertz CT molecular complexity index is 974. The zero-order chi connectivity index (χ0) is 23.0. The maximum absolute atomic E-state index is 13.5. The van der Waals surface area contributed by atoms with Gasteiger partial charge < -0.3 is 25.4 Å². The lowest BCUT2D eigenvalue weighted by molar-refractivity contribution is 0.0293. The summed E-state index contributed by atoms with van der Waals surface area (Å²) in [5.74, 6) is 0.767. The fourth-order valence-corrected chi connectivity index (χ4v) is 3.77. The summed E-state index contributed by atoms with van der Waals surface area (Å²) in [6, 6.07) is -0.389. The van der Waals surface area contributed by atoms with Crippen molar-refractivity contribution in [3.63, 3.8) is 0 Å². The molecule has 0 spiro atoms. The standard InChI is InChI=1S/C20H29F2N7O3/c1-20(2,3)32-19(31)28-7-6-12(8-28)24-15-14-16(29(10-23-14)17(21)22)27-18(26-15)25-13(9-30)11-4-5-11/h10-13,17,30H,4-9H2,1-3H3,(H2,24,25,26,27)/t12-,13-/m0/s1. The number of nitrogens with one attached hydrogen (secondary N) is 2. The SMILES string of the molecule is CC(C)(C)OC(=O)N1CC[C@H](Nc2nc(N[C@@H](CO)C3CC3)nc3c2ncn3C(F)F)C1. The molecule has 2 aliphatic rings. The van der Waals surface area contributed by atoms with Gasteiger partial charge in [0.05, 0.1) is 12.6 Å². The number of likely N-dealkylation sites (tertiary alicyclic amines) is 1. The number of halogens is 2. The molecule has 1 saturated heterocycles. The van der Waals surface area contributed by atoms with E-state index < -0.39 is 18.2 Å². The first-order chi connectivity index (χ1) is 15.1. The molecule has 3 N–H and O–H groups in total. The van der Waals surface area contributed by atoms with Crippen molar-refractivity contribution in [3.8, 4) is 0 Å². The fraction of sp³-hybridized carbons (Fsp3) is 0.700. The Morgan fingerprint density at radius 1 is 1.31 bits per heavy atom. The third-order valence-corrected chi connectivity index (χ3v) is 5.51. The van der Waals surface area contributed by atoms with Gasteiger partial charge in [-0.15, -0.1) is 0 Å². The van der Waals surface area contributed by atoms with Crippen LogP contribution in [0, 0.1) is 5.92 Å². The van der Waals surface area contributed by atoms with E-state index in [1.54, 1.807) is 4.90 Å². The van der Waals surface area contributed by atoms with Gasteiger partial charge in [0.25, 0.3) is 0 Å². The first-order valence-corrected chi connectivity index (χ1v) is 10.8. The van der Waals surface area contributed by atoms with Gasteiger partial charge in [-0.2, -0.15) is 18.7 Å². The zero-order valence-electron chi connectivity index (χ0n) is 18.4. The molecule has 0 aromatic carbocycles. The van der Waals surface area contributed by atoms with Gasteiger partial charge in [0, 0.05) is 19.1 Å². The number of fused-ring (bicyclic) bond motifs is 1. The Morgan fingerprint density at radius 2 is 2.06 bits per heavy atom. The van der Waals surface area contributed by atoms with Gasteiger partial charge in [0.15, 0.2) is 17.0 Å². The Labute approximate surface area is 184 Å². The number of nitrogens with zero attached hydrogens (tertiary/aromatic N) is 5. The number of hydrogen-bond acceptors (Lipinski definition) is 8. The molecule has 2 atom stereocenters. The number of anilines is 2. The largest absolute Gasteiger partial charge is 0.444 e. The molecule has 0 unspecified atom stereocenters. The molecule has 10 nitrogen and oxygen atoms in total. The van der Waals surface area contributed by atoms with Crippen molar-refractivity contribution in [3.05, 3.63) is 6.33 Å². The van der Waals surface area contributed by atoms with Crippen LogP contribution in [-0.4, -0.2) is 73.0 Å². The van der Waals surface area contributed by atoms with Crippen LogP contribution < -0.4 is 10.6 Å². The van der Waals surface area contributed by atoms with Crippen molar-refractivity contribution in [2.45, 2.75) is 64.3 Å². The molecule has 2 fully saturated rings. The molecule has 0 bridgehead atoms. The van der Waals surface area contributed by atoms with Crippen LogP contribution in [0.1, 0.15) is 46.6 Å². The molecule has 1 aliphatic heterocycles. The van der Waals surface area contributed by atoms with Crippen molar-refractivity contribution in [1.82, 2.24) is 24.4 Å².